The van der Waals surface area contributed by atoms with Crippen molar-refractivity contribution in [2.24, 2.45) is 0 Å². The zero-order valence-corrected chi connectivity index (χ0v) is 34.1. The summed E-state index contributed by atoms with van der Waals surface area (Å²) in [6.45, 7) is 4.81. The van der Waals surface area contributed by atoms with E-state index in [0.717, 1.165) is 11.4 Å². The molecule has 3 heteroatoms. The molecule has 2 aromatic heterocycles. The molecule has 60 heavy (non-hydrogen) atoms. The van der Waals surface area contributed by atoms with E-state index >= 15 is 0 Å². The van der Waals surface area contributed by atoms with Gasteiger partial charge in [0.15, 0.2) is 0 Å². The molecule has 1 aliphatic rings. The molecule has 12 aromatic rings. The Balaban J connectivity index is 1.00. The van der Waals surface area contributed by atoms with E-state index in [1.54, 1.807) is 0 Å². The van der Waals surface area contributed by atoms with Gasteiger partial charge < -0.3 is 9.47 Å². The van der Waals surface area contributed by atoms with E-state index in [-0.39, 0.29) is 5.41 Å². The molecule has 0 fully saturated rings. The number of hydrogen-bond acceptors (Lipinski definition) is 2. The van der Waals surface area contributed by atoms with Crippen molar-refractivity contribution >= 4 is 103 Å². The van der Waals surface area contributed by atoms with Crippen LogP contribution in [0.15, 0.2) is 194 Å². The Labute approximate surface area is 351 Å². The van der Waals surface area contributed by atoms with E-state index in [1.165, 1.54) is 108 Å². The Morgan fingerprint density at radius 1 is 0.417 bits per heavy atom. The van der Waals surface area contributed by atoms with Crippen molar-refractivity contribution < 1.29 is 0 Å². The van der Waals surface area contributed by atoms with Crippen LogP contribution in [0.1, 0.15) is 25.0 Å². The van der Waals surface area contributed by atoms with Gasteiger partial charge in [-0.1, -0.05) is 141 Å². The number of anilines is 3. The van der Waals surface area contributed by atoms with Crippen LogP contribution < -0.4 is 4.90 Å². The van der Waals surface area contributed by atoms with Crippen LogP contribution in [0.3, 0.4) is 0 Å². The second-order valence-corrected chi connectivity index (χ2v) is 18.0. The van der Waals surface area contributed by atoms with Gasteiger partial charge in [0.25, 0.3) is 0 Å². The van der Waals surface area contributed by atoms with Gasteiger partial charge in [0.1, 0.15) is 0 Å². The van der Waals surface area contributed by atoms with Crippen molar-refractivity contribution in [3.05, 3.63) is 205 Å². The maximum Gasteiger partial charge on any atom is 0.0547 e. The fourth-order valence-electron chi connectivity index (χ4n) is 10.5. The predicted octanol–water partition coefficient (Wildman–Crippen LogP) is 16.4. The summed E-state index contributed by atoms with van der Waals surface area (Å²) < 4.78 is 5.13. The van der Waals surface area contributed by atoms with Gasteiger partial charge in [-0.25, -0.2) is 0 Å². The average Bonchev–Trinajstić information content (AvgIpc) is 3.92. The van der Waals surface area contributed by atoms with Gasteiger partial charge in [0.2, 0.25) is 0 Å². The van der Waals surface area contributed by atoms with Gasteiger partial charge in [-0.2, -0.15) is 0 Å². The normalized spacial score (nSPS) is 13.3. The molecule has 10 aromatic carbocycles. The van der Waals surface area contributed by atoms with Crippen LogP contribution in [0.2, 0.25) is 0 Å². The lowest BCUT2D eigenvalue weighted by atomic mass is 9.82. The molecule has 0 amide bonds. The Hall–Kier alpha value is -7.20. The van der Waals surface area contributed by atoms with Crippen LogP contribution in [0.5, 0.6) is 0 Å². The molecule has 0 unspecified atom stereocenters. The van der Waals surface area contributed by atoms with Crippen molar-refractivity contribution in [3.63, 3.8) is 0 Å². The zero-order valence-electron chi connectivity index (χ0n) is 33.3. The summed E-state index contributed by atoms with van der Waals surface area (Å²) in [5.41, 5.74) is 12.2. The van der Waals surface area contributed by atoms with Crippen molar-refractivity contribution in [2.45, 2.75) is 19.3 Å². The Kier molecular flexibility index (Phi) is 6.98. The van der Waals surface area contributed by atoms with Gasteiger partial charge in [-0.3, -0.25) is 0 Å². The Bertz CT molecular complexity index is 3670. The summed E-state index contributed by atoms with van der Waals surface area (Å²) in [4.78, 5) is 2.48. The fourth-order valence-corrected chi connectivity index (χ4v) is 11.6. The molecule has 1 aliphatic carbocycles. The number of rotatable bonds is 4. The minimum Gasteiger partial charge on any atom is -0.310 e. The van der Waals surface area contributed by atoms with Gasteiger partial charge in [-0.05, 0) is 116 Å². The molecule has 0 N–H and O–H groups in total. The minimum atomic E-state index is -0.243. The van der Waals surface area contributed by atoms with Crippen LogP contribution in [0.25, 0.3) is 91.1 Å². The van der Waals surface area contributed by atoms with Crippen molar-refractivity contribution in [1.82, 2.24) is 4.57 Å². The maximum atomic E-state index is 2.50. The number of nitrogens with zero attached hydrogens (tertiary/aromatic N) is 2. The van der Waals surface area contributed by atoms with Gasteiger partial charge in [0.05, 0.1) is 16.7 Å². The molecule has 0 radical (unpaired) electrons. The van der Waals surface area contributed by atoms with Gasteiger partial charge in [0, 0.05) is 58.8 Å². The highest BCUT2D eigenvalue weighted by molar-refractivity contribution is 7.25. The molecule has 13 rings (SSSR count). The molecule has 0 aliphatic heterocycles. The van der Waals surface area contributed by atoms with Gasteiger partial charge >= 0.3 is 0 Å². The topological polar surface area (TPSA) is 8.17 Å². The molecule has 0 saturated carbocycles. The van der Waals surface area contributed by atoms with Crippen LogP contribution in [-0.2, 0) is 5.41 Å². The maximum absolute atomic E-state index is 2.50. The third-order valence-electron chi connectivity index (χ3n) is 13.3. The summed E-state index contributed by atoms with van der Waals surface area (Å²) in [6.07, 6.45) is 0. The lowest BCUT2D eigenvalue weighted by Crippen LogP contribution is -2.17. The highest BCUT2D eigenvalue weighted by Crippen LogP contribution is 2.52. The third kappa shape index (κ3) is 4.70. The number of thiophene rings is 1. The lowest BCUT2D eigenvalue weighted by molar-refractivity contribution is 0.660. The second kappa shape index (κ2) is 12.4. The molecular formula is C57H38N2S. The Morgan fingerprint density at radius 2 is 0.950 bits per heavy atom. The van der Waals surface area contributed by atoms with Crippen molar-refractivity contribution in [2.75, 3.05) is 4.90 Å². The number of aromatic nitrogens is 1. The van der Waals surface area contributed by atoms with E-state index in [0.29, 0.717) is 0 Å². The first-order valence-electron chi connectivity index (χ1n) is 20.8. The summed E-state index contributed by atoms with van der Waals surface area (Å²) in [5.74, 6) is 0. The highest BCUT2D eigenvalue weighted by atomic mass is 32.1. The quantitative estimate of drug-likeness (QED) is 0.173. The smallest absolute Gasteiger partial charge is 0.0547 e. The van der Waals surface area contributed by atoms with Gasteiger partial charge in [-0.15, -0.1) is 11.3 Å². The molecule has 2 nitrogen and oxygen atoms in total. The molecule has 0 spiro atoms. The number of benzene rings is 10. The Morgan fingerprint density at radius 3 is 1.67 bits per heavy atom. The predicted molar refractivity (Wildman–Crippen MR) is 258 cm³/mol. The molecule has 0 bridgehead atoms. The molecule has 282 valence electrons. The fraction of sp³-hybridized carbons (Fsp3) is 0.0526. The molecule has 0 atom stereocenters. The average molecular weight is 783 g/mol. The number of fused-ring (bicyclic) bond motifs is 14. The van der Waals surface area contributed by atoms with E-state index in [4.69, 9.17) is 0 Å². The van der Waals surface area contributed by atoms with Crippen LogP contribution in [0, 0.1) is 0 Å². The zero-order chi connectivity index (χ0) is 39.7. The summed E-state index contributed by atoms with van der Waals surface area (Å²) in [5, 5.41) is 12.8. The largest absolute Gasteiger partial charge is 0.310 e. The summed E-state index contributed by atoms with van der Waals surface area (Å²) in [7, 11) is 0. The van der Waals surface area contributed by atoms with E-state index in [2.05, 4.69) is 217 Å². The van der Waals surface area contributed by atoms with Crippen LogP contribution in [-0.4, -0.2) is 4.57 Å². The van der Waals surface area contributed by atoms with E-state index in [9.17, 15) is 0 Å². The molecular weight excluding hydrogens is 745 g/mol. The first-order chi connectivity index (χ1) is 29.5. The first kappa shape index (κ1) is 33.7. The second-order valence-electron chi connectivity index (χ2n) is 16.9. The van der Waals surface area contributed by atoms with Crippen molar-refractivity contribution in [1.29, 1.82) is 0 Å². The molecule has 0 saturated heterocycles. The highest BCUT2D eigenvalue weighted by Gasteiger charge is 2.37. The van der Waals surface area contributed by atoms with E-state index in [1.807, 2.05) is 11.3 Å². The van der Waals surface area contributed by atoms with Crippen LogP contribution >= 0.6 is 11.3 Å². The summed E-state index contributed by atoms with van der Waals surface area (Å²) >= 11 is 1.87. The monoisotopic (exact) mass is 782 g/mol. The van der Waals surface area contributed by atoms with Crippen molar-refractivity contribution in [3.8, 4) is 16.8 Å². The number of hydrogen-bond donors (Lipinski definition) is 0. The minimum absolute atomic E-state index is 0.243. The lowest BCUT2D eigenvalue weighted by Gasteiger charge is -2.29. The SMILES string of the molecule is CC1(C)c2cc(N(c3ccc4sc5ccccc5c4c3)c3cccc4ccccc34)ccc2-c2ccc(-n3c4ccc5ccccc5c4c4c5ccccc5ccc43)cc21. The van der Waals surface area contributed by atoms with E-state index < -0.39 is 0 Å². The third-order valence-corrected chi connectivity index (χ3v) is 14.5. The van der Waals surface area contributed by atoms with Crippen LogP contribution in [0.4, 0.5) is 17.1 Å². The standard InChI is InChI=1S/C57H38N2S/c1-57(2)48-33-39(58(50-20-11-15-35-12-3-6-16-41(35)50)38-26-31-54-47(32-38)46-19-9-10-21-53(46)60-54)24-27-44(48)45-28-25-40(34-49(45)57)59-51-29-22-36-13-4-7-17-42(36)55(51)56-43-18-8-5-14-37(43)23-30-52(56)59/h3-34H,1-2H3. The first-order valence-corrected chi connectivity index (χ1v) is 21.7. The summed E-state index contributed by atoms with van der Waals surface area (Å²) in [6, 6.07) is 72.4. The molecule has 2 heterocycles.